The Balaban J connectivity index is 1.52. The van der Waals surface area contributed by atoms with Crippen LogP contribution in [0.15, 0.2) is 34.7 Å². The maximum atomic E-state index is 12.0. The molecule has 128 valence electrons. The molecule has 1 saturated carbocycles. The Kier molecular flexibility index (Phi) is 5.00. The fourth-order valence-electron chi connectivity index (χ4n) is 3.20. The zero-order chi connectivity index (χ0) is 17.0. The minimum absolute atomic E-state index is 0.0764. The van der Waals surface area contributed by atoms with E-state index in [0.29, 0.717) is 25.3 Å². The number of nitrogens with zero attached hydrogens (tertiary/aromatic N) is 1. The van der Waals surface area contributed by atoms with Gasteiger partial charge in [-0.25, -0.2) is 4.98 Å². The lowest BCUT2D eigenvalue weighted by Crippen LogP contribution is -2.40. The molecule has 1 fully saturated rings. The van der Waals surface area contributed by atoms with Crippen molar-refractivity contribution in [3.05, 3.63) is 41.9 Å². The van der Waals surface area contributed by atoms with Gasteiger partial charge in [0.15, 0.2) is 11.7 Å². The summed E-state index contributed by atoms with van der Waals surface area (Å²) in [7, 11) is 0. The predicted molar refractivity (Wildman–Crippen MR) is 91.4 cm³/mol. The van der Waals surface area contributed by atoms with Crippen LogP contribution in [0.25, 0.3) is 11.3 Å². The van der Waals surface area contributed by atoms with Crippen LogP contribution in [0.3, 0.4) is 0 Å². The van der Waals surface area contributed by atoms with Crippen LogP contribution in [0.4, 0.5) is 0 Å². The summed E-state index contributed by atoms with van der Waals surface area (Å²) in [5.41, 5.74) is 1.11. The third kappa shape index (κ3) is 4.03. The second-order valence-corrected chi connectivity index (χ2v) is 6.60. The summed E-state index contributed by atoms with van der Waals surface area (Å²) in [5, 5.41) is 13.1. The maximum absolute atomic E-state index is 12.0. The largest absolute Gasteiger partial charge is 0.440 e. The summed E-state index contributed by atoms with van der Waals surface area (Å²) in [6, 6.07) is 9.83. The molecule has 5 heteroatoms. The number of amides is 1. The third-order valence-electron chi connectivity index (χ3n) is 4.59. The highest BCUT2D eigenvalue weighted by Crippen LogP contribution is 2.28. The number of aromatic nitrogens is 1. The highest BCUT2D eigenvalue weighted by atomic mass is 16.4. The van der Waals surface area contributed by atoms with Crippen molar-refractivity contribution < 1.29 is 14.3 Å². The van der Waals surface area contributed by atoms with E-state index in [0.717, 1.165) is 42.7 Å². The molecule has 1 aliphatic rings. The number of aryl methyl sites for hydroxylation is 2. The van der Waals surface area contributed by atoms with Crippen LogP contribution in [-0.4, -0.2) is 28.1 Å². The minimum atomic E-state index is -0.713. The van der Waals surface area contributed by atoms with E-state index in [2.05, 4.69) is 10.3 Å². The number of hydrogen-bond acceptors (Lipinski definition) is 4. The molecular formula is C19H24N2O3. The number of carbonyl (C=O) groups is 1. The fourth-order valence-corrected chi connectivity index (χ4v) is 3.20. The van der Waals surface area contributed by atoms with Gasteiger partial charge in [0, 0.05) is 24.9 Å². The lowest BCUT2D eigenvalue weighted by molar-refractivity contribution is -0.122. The normalized spacial score (nSPS) is 16.2. The monoisotopic (exact) mass is 328 g/mol. The molecule has 0 radical (unpaired) electrons. The van der Waals surface area contributed by atoms with Gasteiger partial charge < -0.3 is 14.8 Å². The Morgan fingerprint density at radius 2 is 2.00 bits per heavy atom. The molecule has 0 saturated heterocycles. The predicted octanol–water partition coefficient (Wildman–Crippen LogP) is 3.00. The van der Waals surface area contributed by atoms with Crippen molar-refractivity contribution in [1.82, 2.24) is 10.3 Å². The van der Waals surface area contributed by atoms with Gasteiger partial charge in [-0.05, 0) is 19.8 Å². The summed E-state index contributed by atoms with van der Waals surface area (Å²) in [6.07, 6.45) is 4.37. The molecule has 5 nitrogen and oxygen atoms in total. The van der Waals surface area contributed by atoms with E-state index in [1.165, 1.54) is 0 Å². The van der Waals surface area contributed by atoms with Crippen LogP contribution < -0.4 is 5.32 Å². The quantitative estimate of drug-likeness (QED) is 0.855. The Hall–Kier alpha value is -2.14. The van der Waals surface area contributed by atoms with Crippen LogP contribution >= 0.6 is 0 Å². The number of rotatable bonds is 6. The SMILES string of the molecule is Cc1nc(CCC(=O)NCC2(O)CCCC2)oc1-c1ccccc1. The van der Waals surface area contributed by atoms with E-state index >= 15 is 0 Å². The molecule has 1 aromatic heterocycles. The lowest BCUT2D eigenvalue weighted by Gasteiger charge is -2.22. The van der Waals surface area contributed by atoms with E-state index in [4.69, 9.17) is 4.42 Å². The van der Waals surface area contributed by atoms with Gasteiger partial charge >= 0.3 is 0 Å². The van der Waals surface area contributed by atoms with E-state index in [-0.39, 0.29) is 5.91 Å². The summed E-state index contributed by atoms with van der Waals surface area (Å²) in [5.74, 6) is 1.25. The van der Waals surface area contributed by atoms with E-state index < -0.39 is 5.60 Å². The van der Waals surface area contributed by atoms with Crippen molar-refractivity contribution in [3.63, 3.8) is 0 Å². The Labute approximate surface area is 142 Å². The minimum Gasteiger partial charge on any atom is -0.440 e. The van der Waals surface area contributed by atoms with Gasteiger partial charge in [-0.2, -0.15) is 0 Å². The number of nitrogens with one attached hydrogen (secondary N) is 1. The number of benzene rings is 1. The number of hydrogen-bond donors (Lipinski definition) is 2. The topological polar surface area (TPSA) is 75.4 Å². The molecule has 1 aliphatic carbocycles. The highest BCUT2D eigenvalue weighted by molar-refractivity contribution is 5.76. The van der Waals surface area contributed by atoms with Gasteiger partial charge in [0.05, 0.1) is 11.3 Å². The average Bonchev–Trinajstić information content (AvgIpc) is 3.18. The van der Waals surface area contributed by atoms with Crippen LogP contribution in [0.2, 0.25) is 0 Å². The molecule has 2 N–H and O–H groups in total. The lowest BCUT2D eigenvalue weighted by atomic mass is 10.0. The zero-order valence-corrected chi connectivity index (χ0v) is 14.0. The number of carbonyl (C=O) groups excluding carboxylic acids is 1. The fraction of sp³-hybridized carbons (Fsp3) is 0.474. The van der Waals surface area contributed by atoms with Gasteiger partial charge in [0.25, 0.3) is 0 Å². The highest BCUT2D eigenvalue weighted by Gasteiger charge is 2.31. The van der Waals surface area contributed by atoms with Crippen molar-refractivity contribution in [2.24, 2.45) is 0 Å². The van der Waals surface area contributed by atoms with Crippen molar-refractivity contribution in [3.8, 4) is 11.3 Å². The van der Waals surface area contributed by atoms with Gasteiger partial charge in [0.1, 0.15) is 0 Å². The molecule has 24 heavy (non-hydrogen) atoms. The Bertz CT molecular complexity index is 688. The second kappa shape index (κ2) is 7.18. The van der Waals surface area contributed by atoms with Gasteiger partial charge in [-0.1, -0.05) is 43.2 Å². The second-order valence-electron chi connectivity index (χ2n) is 6.60. The van der Waals surface area contributed by atoms with Crippen molar-refractivity contribution in [1.29, 1.82) is 0 Å². The van der Waals surface area contributed by atoms with E-state index in [9.17, 15) is 9.90 Å². The van der Waals surface area contributed by atoms with Gasteiger partial charge in [-0.3, -0.25) is 4.79 Å². The zero-order valence-electron chi connectivity index (χ0n) is 14.0. The van der Waals surface area contributed by atoms with Gasteiger partial charge in [0.2, 0.25) is 5.91 Å². The maximum Gasteiger partial charge on any atom is 0.220 e. The summed E-state index contributed by atoms with van der Waals surface area (Å²) in [6.45, 7) is 2.25. The number of oxazole rings is 1. The molecule has 0 bridgehead atoms. The molecule has 0 aliphatic heterocycles. The standard InChI is InChI=1S/C19H24N2O3/c1-14-18(15-7-3-2-4-8-15)24-17(21-14)10-9-16(22)20-13-19(23)11-5-6-12-19/h2-4,7-8,23H,5-6,9-13H2,1H3,(H,20,22). The van der Waals surface area contributed by atoms with Crippen LogP contribution in [0, 0.1) is 6.92 Å². The molecule has 0 atom stereocenters. The molecular weight excluding hydrogens is 304 g/mol. The smallest absolute Gasteiger partial charge is 0.220 e. The molecule has 1 heterocycles. The molecule has 1 aromatic carbocycles. The van der Waals surface area contributed by atoms with Crippen LogP contribution in [0.5, 0.6) is 0 Å². The summed E-state index contributed by atoms with van der Waals surface area (Å²) >= 11 is 0. The number of aliphatic hydroxyl groups is 1. The average molecular weight is 328 g/mol. The van der Waals surface area contributed by atoms with Crippen LogP contribution in [-0.2, 0) is 11.2 Å². The first-order valence-corrected chi connectivity index (χ1v) is 8.57. The van der Waals surface area contributed by atoms with Crippen LogP contribution in [0.1, 0.15) is 43.7 Å². The third-order valence-corrected chi connectivity index (χ3v) is 4.59. The molecule has 0 spiro atoms. The molecule has 2 aromatic rings. The van der Waals surface area contributed by atoms with Gasteiger partial charge in [-0.15, -0.1) is 0 Å². The van der Waals surface area contributed by atoms with E-state index in [1.54, 1.807) is 0 Å². The first-order valence-electron chi connectivity index (χ1n) is 8.57. The van der Waals surface area contributed by atoms with E-state index in [1.807, 2.05) is 37.3 Å². The van der Waals surface area contributed by atoms with Crippen molar-refractivity contribution in [2.45, 2.75) is 51.0 Å². The first-order chi connectivity index (χ1) is 11.6. The van der Waals surface area contributed by atoms with Crippen molar-refractivity contribution >= 4 is 5.91 Å². The molecule has 3 rings (SSSR count). The first kappa shape index (κ1) is 16.7. The molecule has 1 amide bonds. The molecule has 0 unspecified atom stereocenters. The summed E-state index contributed by atoms with van der Waals surface area (Å²) < 4.78 is 5.81. The Morgan fingerprint density at radius 3 is 2.71 bits per heavy atom. The summed E-state index contributed by atoms with van der Waals surface area (Å²) in [4.78, 5) is 16.4. The van der Waals surface area contributed by atoms with Crippen molar-refractivity contribution in [2.75, 3.05) is 6.54 Å². The Morgan fingerprint density at radius 1 is 1.29 bits per heavy atom.